The first-order valence-corrected chi connectivity index (χ1v) is 15.1. The van der Waals surface area contributed by atoms with E-state index in [1.165, 1.54) is 13.3 Å². The van der Waals surface area contributed by atoms with E-state index >= 15 is 0 Å². The number of benzene rings is 3. The average molecular weight is 699 g/mol. The monoisotopic (exact) mass is 698 g/mol. The summed E-state index contributed by atoms with van der Waals surface area (Å²) in [6.45, 7) is -0.208. The summed E-state index contributed by atoms with van der Waals surface area (Å²) in [6, 6.07) is 25.4. The molecule has 4 atom stereocenters. The number of methoxy groups -OCH3 is 3. The number of aromatic nitrogens is 2. The Hall–Kier alpha value is -3.60. The van der Waals surface area contributed by atoms with Crippen LogP contribution >= 0.6 is 0 Å². The molecule has 0 radical (unpaired) electrons. The smallest absolute Gasteiger partial charge is 0.550 e. The van der Waals surface area contributed by atoms with Crippen molar-refractivity contribution in [2.75, 3.05) is 27.9 Å². The molecule has 14 heteroatoms. The molecule has 1 saturated heterocycles. The number of H-pyrrole nitrogens is 1. The Morgan fingerprint density at radius 1 is 0.816 bits per heavy atom. The number of ether oxygens (including phenoxy) is 6. The van der Waals surface area contributed by atoms with Gasteiger partial charge >= 0.3 is 63.0 Å². The predicted octanol–water partition coefficient (Wildman–Crippen LogP) is -1.08. The van der Waals surface area contributed by atoms with Gasteiger partial charge in [0.15, 0.2) is 12.3 Å². The molecule has 1 aliphatic rings. The summed E-state index contributed by atoms with van der Waals surface area (Å²) in [7, 11) is 4.50. The minimum atomic E-state index is -1.41. The summed E-state index contributed by atoms with van der Waals surface area (Å²) in [4.78, 5) is 50.7. The maximum absolute atomic E-state index is 12.8. The van der Waals surface area contributed by atoms with Gasteiger partial charge in [-0.1, -0.05) is 54.6 Å². The Morgan fingerprint density at radius 3 is 1.90 bits per heavy atom. The Kier molecular flexibility index (Phi) is 13.5. The fourth-order valence-electron chi connectivity index (χ4n) is 5.78. The molecule has 4 aromatic rings. The van der Waals surface area contributed by atoms with Crippen LogP contribution in [0.3, 0.4) is 0 Å². The molecule has 3 aromatic carbocycles. The number of nitrogens with one attached hydrogen (secondary N) is 1. The molecule has 49 heavy (non-hydrogen) atoms. The van der Waals surface area contributed by atoms with Crippen LogP contribution in [0.4, 0.5) is 0 Å². The van der Waals surface area contributed by atoms with E-state index in [1.807, 2.05) is 78.9 Å². The molecule has 0 aliphatic carbocycles. The molecule has 1 aliphatic heterocycles. The SMILES string of the molecule is COc1ccc(C(OC[C@H]2O[C@@H](n3ccc(=O)[nH]c3=O)[C@H](OC)[C@@H]2OC(=O)CCC(=O)[O-])(c2ccccc2)c2ccc(OC)cc2)cc1.[K+]. The van der Waals surface area contributed by atoms with Crippen molar-refractivity contribution >= 4 is 11.9 Å². The number of carbonyl (C=O) groups excluding carboxylic acids is 2. The molecule has 2 heterocycles. The largest absolute Gasteiger partial charge is 1.00 e. The molecule has 0 bridgehead atoms. The number of carboxylic acid groups (broad SMARTS) is 1. The van der Waals surface area contributed by atoms with E-state index in [0.29, 0.717) is 11.5 Å². The number of esters is 1. The Balaban J connectivity index is 0.00000541. The zero-order valence-electron chi connectivity index (χ0n) is 27.5. The van der Waals surface area contributed by atoms with Crippen molar-refractivity contribution in [3.05, 3.63) is 129 Å². The molecule has 13 nitrogen and oxygen atoms in total. The van der Waals surface area contributed by atoms with Gasteiger partial charge in [-0.05, 0) is 47.4 Å². The van der Waals surface area contributed by atoms with E-state index < -0.39 is 66.2 Å². The Bertz CT molecular complexity index is 1760. The third-order valence-electron chi connectivity index (χ3n) is 8.12. The quantitative estimate of drug-likeness (QED) is 0.0967. The number of hydrogen-bond donors (Lipinski definition) is 1. The molecule has 0 spiro atoms. The van der Waals surface area contributed by atoms with Crippen LogP contribution in [0, 0.1) is 0 Å². The second-order valence-electron chi connectivity index (χ2n) is 10.9. The van der Waals surface area contributed by atoms with Crippen LogP contribution in [0.25, 0.3) is 0 Å². The van der Waals surface area contributed by atoms with E-state index in [2.05, 4.69) is 4.98 Å². The maximum atomic E-state index is 12.8. The average Bonchev–Trinajstić information content (AvgIpc) is 3.44. The molecule has 252 valence electrons. The molecule has 0 unspecified atom stereocenters. The number of aliphatic carboxylic acids is 1. The van der Waals surface area contributed by atoms with Gasteiger partial charge in [0.25, 0.3) is 5.56 Å². The van der Waals surface area contributed by atoms with Gasteiger partial charge in [-0.15, -0.1) is 0 Å². The second-order valence-corrected chi connectivity index (χ2v) is 10.9. The van der Waals surface area contributed by atoms with Crippen molar-refractivity contribution in [2.24, 2.45) is 0 Å². The topological polar surface area (TPSA) is 167 Å². The summed E-state index contributed by atoms with van der Waals surface area (Å²) in [5, 5.41) is 11.1. The zero-order chi connectivity index (χ0) is 34.3. The van der Waals surface area contributed by atoms with Gasteiger partial charge < -0.3 is 38.3 Å². The molecular formula is C35H35KN2O11. The second kappa shape index (κ2) is 17.4. The van der Waals surface area contributed by atoms with Gasteiger partial charge in [0.1, 0.15) is 29.3 Å². The number of nitrogens with zero attached hydrogens (tertiary/aromatic N) is 1. The van der Waals surface area contributed by atoms with E-state index in [9.17, 15) is 24.3 Å². The number of rotatable bonds is 14. The van der Waals surface area contributed by atoms with E-state index in [-0.39, 0.29) is 58.0 Å². The number of aromatic amines is 1. The molecule has 1 fully saturated rings. The fraction of sp³-hybridized carbons (Fsp3) is 0.314. The number of carboxylic acids is 1. The third kappa shape index (κ3) is 8.59. The Morgan fingerprint density at radius 2 is 1.39 bits per heavy atom. The first-order chi connectivity index (χ1) is 23.2. The minimum Gasteiger partial charge on any atom is -0.550 e. The minimum absolute atomic E-state index is 0. The standard InChI is InChI=1S/C35H36N2O11.K/c1-43-25-13-9-23(10-14-25)35(22-7-5-4-6-8-22,24-11-15-26(44-2)16-12-24)46-21-27-31(48-30(41)18-17-29(39)40)32(45-3)33(47-27)37-20-19-28(38)36-34(37)42;/h4-16,19-20,27,31-33H,17-18,21H2,1-3H3,(H,39,40)(H,36,38,42);/q;+1/p-1/t27-,31-,32-,33-;/m1./s1. The Labute approximate surface area is 324 Å². The van der Waals surface area contributed by atoms with Crippen LogP contribution in [-0.4, -0.2) is 67.7 Å². The first kappa shape index (κ1) is 38.2. The van der Waals surface area contributed by atoms with Crippen LogP contribution in [0.2, 0.25) is 0 Å². The summed E-state index contributed by atoms with van der Waals surface area (Å²) in [6.07, 6.45) is -4.17. The third-order valence-corrected chi connectivity index (χ3v) is 8.12. The van der Waals surface area contributed by atoms with Crippen molar-refractivity contribution in [2.45, 2.75) is 43.0 Å². The molecular weight excluding hydrogens is 663 g/mol. The van der Waals surface area contributed by atoms with Crippen LogP contribution in [0.1, 0.15) is 35.8 Å². The maximum Gasteiger partial charge on any atom is 1.00 e. The van der Waals surface area contributed by atoms with Crippen molar-refractivity contribution in [1.82, 2.24) is 9.55 Å². The number of carbonyl (C=O) groups is 2. The van der Waals surface area contributed by atoms with Crippen molar-refractivity contribution in [3.63, 3.8) is 0 Å². The van der Waals surface area contributed by atoms with Crippen molar-refractivity contribution < 1.29 is 94.5 Å². The summed E-state index contributed by atoms with van der Waals surface area (Å²) in [5.41, 5.74) is -0.415. The molecule has 0 saturated carbocycles. The fourth-order valence-corrected chi connectivity index (χ4v) is 5.78. The van der Waals surface area contributed by atoms with Crippen LogP contribution in [0.5, 0.6) is 11.5 Å². The van der Waals surface area contributed by atoms with Crippen LogP contribution in [-0.2, 0) is 34.1 Å². The summed E-state index contributed by atoms with van der Waals surface area (Å²) >= 11 is 0. The van der Waals surface area contributed by atoms with Gasteiger partial charge in [0, 0.05) is 25.3 Å². The van der Waals surface area contributed by atoms with Gasteiger partial charge in [0.2, 0.25) is 0 Å². The van der Waals surface area contributed by atoms with Crippen LogP contribution in [0.15, 0.2) is 101 Å². The van der Waals surface area contributed by atoms with E-state index in [0.717, 1.165) is 27.3 Å². The van der Waals surface area contributed by atoms with E-state index in [4.69, 9.17) is 28.4 Å². The van der Waals surface area contributed by atoms with Crippen LogP contribution < -0.4 is 77.2 Å². The van der Waals surface area contributed by atoms with E-state index in [1.54, 1.807) is 14.2 Å². The zero-order valence-corrected chi connectivity index (χ0v) is 30.7. The van der Waals surface area contributed by atoms with Crippen molar-refractivity contribution in [1.29, 1.82) is 0 Å². The molecule has 1 N–H and O–H groups in total. The molecule has 1 aromatic heterocycles. The first-order valence-electron chi connectivity index (χ1n) is 15.1. The predicted molar refractivity (Wildman–Crippen MR) is 168 cm³/mol. The normalized spacial score (nSPS) is 18.7. The van der Waals surface area contributed by atoms with Crippen molar-refractivity contribution in [3.8, 4) is 11.5 Å². The van der Waals surface area contributed by atoms with Gasteiger partial charge in [-0.2, -0.15) is 0 Å². The van der Waals surface area contributed by atoms with Gasteiger partial charge in [-0.3, -0.25) is 19.1 Å². The summed E-state index contributed by atoms with van der Waals surface area (Å²) in [5.74, 6) is -0.985. The molecule has 5 rings (SSSR count). The van der Waals surface area contributed by atoms with Gasteiger partial charge in [-0.25, -0.2) is 4.79 Å². The number of hydrogen-bond acceptors (Lipinski definition) is 11. The molecule has 0 amide bonds. The summed E-state index contributed by atoms with van der Waals surface area (Å²) < 4.78 is 36.7. The van der Waals surface area contributed by atoms with Gasteiger partial charge in [0.05, 0.1) is 27.2 Å².